The van der Waals surface area contributed by atoms with Gasteiger partial charge >= 0.3 is 0 Å². The zero-order valence-corrected chi connectivity index (χ0v) is 10.9. The first-order valence-corrected chi connectivity index (χ1v) is 6.64. The molecule has 1 aromatic rings. The van der Waals surface area contributed by atoms with Gasteiger partial charge in [-0.3, -0.25) is 0 Å². The molecule has 0 aromatic heterocycles. The summed E-state index contributed by atoms with van der Waals surface area (Å²) < 4.78 is 38.2. The van der Waals surface area contributed by atoms with Crippen LogP contribution in [0.25, 0.3) is 0 Å². The highest BCUT2D eigenvalue weighted by Crippen LogP contribution is 2.22. The van der Waals surface area contributed by atoms with Crippen LogP contribution in [-0.4, -0.2) is 26.3 Å². The number of halogens is 1. The predicted octanol–water partition coefficient (Wildman–Crippen LogP) is 1.19. The van der Waals surface area contributed by atoms with Crippen molar-refractivity contribution in [1.29, 1.82) is 5.26 Å². The Morgan fingerprint density at radius 2 is 2.17 bits per heavy atom. The van der Waals surface area contributed by atoms with Gasteiger partial charge in [-0.25, -0.2) is 12.8 Å². The van der Waals surface area contributed by atoms with Gasteiger partial charge in [0.25, 0.3) is 0 Å². The van der Waals surface area contributed by atoms with Crippen LogP contribution in [0.15, 0.2) is 23.1 Å². The second-order valence-corrected chi connectivity index (χ2v) is 6.01. The first-order valence-electron chi connectivity index (χ1n) is 5.20. The minimum atomic E-state index is -3.80. The molecule has 0 aliphatic rings. The Morgan fingerprint density at radius 1 is 1.56 bits per heavy atom. The van der Waals surface area contributed by atoms with Crippen molar-refractivity contribution >= 4 is 15.7 Å². The molecule has 0 amide bonds. The summed E-state index contributed by atoms with van der Waals surface area (Å²) in [7, 11) is -2.45. The van der Waals surface area contributed by atoms with Crippen LogP contribution in [0, 0.1) is 23.1 Å². The van der Waals surface area contributed by atoms with Crippen LogP contribution in [0.1, 0.15) is 6.92 Å². The Bertz CT molecular complexity index is 580. The summed E-state index contributed by atoms with van der Waals surface area (Å²) in [5, 5.41) is 8.67. The number of hydrogen-bond acceptors (Lipinski definition) is 4. The monoisotopic (exact) mass is 271 g/mol. The van der Waals surface area contributed by atoms with Gasteiger partial charge in [-0.05, 0) is 25.1 Å². The van der Waals surface area contributed by atoms with Crippen molar-refractivity contribution in [2.24, 2.45) is 5.92 Å². The van der Waals surface area contributed by atoms with E-state index in [4.69, 9.17) is 11.0 Å². The summed E-state index contributed by atoms with van der Waals surface area (Å²) in [5.74, 6) is -1.04. The number of nitrogen functional groups attached to an aromatic ring is 1. The molecule has 5 nitrogen and oxygen atoms in total. The molecular formula is C11H14FN3O2S. The predicted molar refractivity (Wildman–Crippen MR) is 65.4 cm³/mol. The molecule has 0 fully saturated rings. The molecule has 1 aromatic carbocycles. The third kappa shape index (κ3) is 2.97. The largest absolute Gasteiger partial charge is 0.398 e. The molecule has 18 heavy (non-hydrogen) atoms. The molecule has 0 heterocycles. The lowest BCUT2D eigenvalue weighted by Gasteiger charge is -2.19. The molecule has 0 radical (unpaired) electrons. The van der Waals surface area contributed by atoms with Crippen LogP contribution in [0.2, 0.25) is 0 Å². The highest BCUT2D eigenvalue weighted by atomic mass is 32.2. The lowest BCUT2D eigenvalue weighted by Crippen LogP contribution is -2.31. The summed E-state index contributed by atoms with van der Waals surface area (Å²) in [6, 6.07) is 5.05. The molecule has 0 spiro atoms. The maximum atomic E-state index is 12.9. The number of benzene rings is 1. The maximum absolute atomic E-state index is 12.9. The van der Waals surface area contributed by atoms with E-state index in [1.807, 2.05) is 6.07 Å². The van der Waals surface area contributed by atoms with E-state index in [9.17, 15) is 12.8 Å². The standard InChI is InChI=1S/C11H14FN3O2S/c1-8(6-13)7-15(2)18(16,17)11-4-3-9(12)5-10(11)14/h3-5,8H,7,14H2,1-2H3. The van der Waals surface area contributed by atoms with E-state index in [0.717, 1.165) is 22.5 Å². The Kier molecular flexibility index (Phi) is 4.27. The third-order valence-corrected chi connectivity index (χ3v) is 4.31. The maximum Gasteiger partial charge on any atom is 0.244 e. The fourth-order valence-electron chi connectivity index (χ4n) is 1.45. The fraction of sp³-hybridized carbons (Fsp3) is 0.364. The highest BCUT2D eigenvalue weighted by molar-refractivity contribution is 7.89. The molecule has 1 unspecified atom stereocenters. The van der Waals surface area contributed by atoms with Gasteiger partial charge in [-0.2, -0.15) is 9.57 Å². The van der Waals surface area contributed by atoms with Gasteiger partial charge in [0, 0.05) is 13.6 Å². The van der Waals surface area contributed by atoms with Gasteiger partial charge in [-0.1, -0.05) is 0 Å². The van der Waals surface area contributed by atoms with E-state index in [1.54, 1.807) is 6.92 Å². The van der Waals surface area contributed by atoms with Gasteiger partial charge < -0.3 is 5.73 Å². The highest BCUT2D eigenvalue weighted by Gasteiger charge is 2.24. The smallest absolute Gasteiger partial charge is 0.244 e. The van der Waals surface area contributed by atoms with Crippen LogP contribution < -0.4 is 5.73 Å². The molecule has 0 saturated carbocycles. The van der Waals surface area contributed by atoms with Gasteiger partial charge in [0.2, 0.25) is 10.0 Å². The first kappa shape index (κ1) is 14.4. The van der Waals surface area contributed by atoms with Crippen LogP contribution in [0.5, 0.6) is 0 Å². The van der Waals surface area contributed by atoms with E-state index < -0.39 is 21.8 Å². The Morgan fingerprint density at radius 3 is 2.67 bits per heavy atom. The summed E-state index contributed by atoms with van der Waals surface area (Å²) >= 11 is 0. The SMILES string of the molecule is CC(C#N)CN(C)S(=O)(=O)c1ccc(F)cc1N. The third-order valence-electron chi connectivity index (χ3n) is 2.41. The van der Waals surface area contributed by atoms with Crippen molar-refractivity contribution < 1.29 is 12.8 Å². The van der Waals surface area contributed by atoms with E-state index >= 15 is 0 Å². The molecule has 7 heteroatoms. The second-order valence-electron chi connectivity index (χ2n) is 4.00. The normalized spacial score (nSPS) is 13.3. The van der Waals surface area contributed by atoms with E-state index in [2.05, 4.69) is 0 Å². The van der Waals surface area contributed by atoms with Crippen LogP contribution >= 0.6 is 0 Å². The summed E-state index contributed by atoms with van der Waals surface area (Å²) in [6.07, 6.45) is 0. The topological polar surface area (TPSA) is 87.2 Å². The van der Waals surface area contributed by atoms with E-state index in [-0.39, 0.29) is 17.1 Å². The number of sulfonamides is 1. The minimum absolute atomic E-state index is 0.0512. The summed E-state index contributed by atoms with van der Waals surface area (Å²) in [4.78, 5) is -0.156. The molecule has 0 bridgehead atoms. The molecule has 0 aliphatic heterocycles. The van der Waals surface area contributed by atoms with Crippen LogP contribution in [-0.2, 0) is 10.0 Å². The molecule has 98 valence electrons. The quantitative estimate of drug-likeness (QED) is 0.833. The average Bonchev–Trinajstić information content (AvgIpc) is 2.28. The first-order chi connectivity index (χ1) is 8.28. The molecule has 1 rings (SSSR count). The van der Waals surface area contributed by atoms with Crippen LogP contribution in [0.4, 0.5) is 10.1 Å². The minimum Gasteiger partial charge on any atom is -0.398 e. The van der Waals surface area contributed by atoms with E-state index in [0.29, 0.717) is 0 Å². The lowest BCUT2D eigenvalue weighted by molar-refractivity contribution is 0.439. The number of hydrogen-bond donors (Lipinski definition) is 1. The Hall–Kier alpha value is -1.65. The fourth-order valence-corrected chi connectivity index (χ4v) is 2.80. The molecular weight excluding hydrogens is 257 g/mol. The Labute approximate surface area is 106 Å². The number of nitrogens with zero attached hydrogens (tertiary/aromatic N) is 2. The Balaban J connectivity index is 3.10. The number of rotatable bonds is 4. The van der Waals surface area contributed by atoms with Crippen molar-refractivity contribution in [2.75, 3.05) is 19.3 Å². The zero-order chi connectivity index (χ0) is 13.9. The van der Waals surface area contributed by atoms with Gasteiger partial charge in [0.15, 0.2) is 0 Å². The van der Waals surface area contributed by atoms with Crippen molar-refractivity contribution in [2.45, 2.75) is 11.8 Å². The van der Waals surface area contributed by atoms with Crippen molar-refractivity contribution in [3.8, 4) is 6.07 Å². The second kappa shape index (κ2) is 5.33. The zero-order valence-electron chi connectivity index (χ0n) is 10.1. The molecule has 0 saturated heterocycles. The molecule has 2 N–H and O–H groups in total. The average molecular weight is 271 g/mol. The van der Waals surface area contributed by atoms with E-state index in [1.165, 1.54) is 7.05 Å². The van der Waals surface area contributed by atoms with Gasteiger partial charge in [0.05, 0.1) is 17.7 Å². The molecule has 0 aliphatic carbocycles. The van der Waals surface area contributed by atoms with Crippen molar-refractivity contribution in [1.82, 2.24) is 4.31 Å². The van der Waals surface area contributed by atoms with Gasteiger partial charge in [-0.15, -0.1) is 0 Å². The number of nitriles is 1. The van der Waals surface area contributed by atoms with Gasteiger partial charge in [0.1, 0.15) is 10.7 Å². The summed E-state index contributed by atoms with van der Waals surface area (Å²) in [6.45, 7) is 1.66. The lowest BCUT2D eigenvalue weighted by atomic mass is 10.2. The molecule has 1 atom stereocenters. The van der Waals surface area contributed by atoms with Crippen molar-refractivity contribution in [3.05, 3.63) is 24.0 Å². The number of nitrogens with two attached hydrogens (primary N) is 1. The van der Waals surface area contributed by atoms with Crippen molar-refractivity contribution in [3.63, 3.8) is 0 Å². The number of anilines is 1. The van der Waals surface area contributed by atoms with Crippen LogP contribution in [0.3, 0.4) is 0 Å². The summed E-state index contributed by atoms with van der Waals surface area (Å²) in [5.41, 5.74) is 5.35.